The Bertz CT molecular complexity index is 1380. The van der Waals surface area contributed by atoms with Gasteiger partial charge in [-0.25, -0.2) is 22.2 Å². The normalized spacial score (nSPS) is 11.6. The van der Waals surface area contributed by atoms with Gasteiger partial charge in [0.05, 0.1) is 27.4 Å². The molecule has 2 aromatic heterocycles. The van der Waals surface area contributed by atoms with Gasteiger partial charge >= 0.3 is 0 Å². The lowest BCUT2D eigenvalue weighted by atomic mass is 10.2. The smallest absolute Gasteiger partial charge is 0.229 e. The van der Waals surface area contributed by atoms with Crippen molar-refractivity contribution in [2.45, 2.75) is 24.3 Å². The molecule has 10 heteroatoms. The van der Waals surface area contributed by atoms with Crippen molar-refractivity contribution in [2.75, 3.05) is 10.7 Å². The van der Waals surface area contributed by atoms with Crippen LogP contribution in [0.2, 0.25) is 0 Å². The summed E-state index contributed by atoms with van der Waals surface area (Å²) >= 11 is 1.19. The highest BCUT2D eigenvalue weighted by Gasteiger charge is 2.22. The van der Waals surface area contributed by atoms with Gasteiger partial charge in [-0.3, -0.25) is 14.7 Å². The van der Waals surface area contributed by atoms with Crippen LogP contribution in [0, 0.1) is 11.6 Å². The maximum absolute atomic E-state index is 13.6. The molecule has 0 radical (unpaired) electrons. The molecule has 1 amide bonds. The number of anilines is 1. The van der Waals surface area contributed by atoms with Gasteiger partial charge in [-0.15, -0.1) is 0 Å². The molecule has 6 nitrogen and oxygen atoms in total. The van der Waals surface area contributed by atoms with Crippen molar-refractivity contribution in [3.05, 3.63) is 84.2 Å². The van der Waals surface area contributed by atoms with Gasteiger partial charge in [0.25, 0.3) is 0 Å². The maximum Gasteiger partial charge on any atom is 0.229 e. The molecule has 0 spiro atoms. The fraction of sp³-hybridized carbons (Fsp3) is 0.174. The molecule has 2 heterocycles. The zero-order valence-electron chi connectivity index (χ0n) is 17.3. The first kappa shape index (κ1) is 22.9. The Balaban J connectivity index is 1.52. The number of thiazole rings is 1. The van der Waals surface area contributed by atoms with E-state index in [1.54, 1.807) is 30.6 Å². The van der Waals surface area contributed by atoms with Crippen LogP contribution in [-0.2, 0) is 21.2 Å². The molecule has 0 aliphatic rings. The Morgan fingerprint density at radius 3 is 2.39 bits per heavy atom. The summed E-state index contributed by atoms with van der Waals surface area (Å²) in [5, 5.41) is 0.402. The molecule has 0 unspecified atom stereocenters. The number of fused-ring (bicyclic) bond motifs is 1. The van der Waals surface area contributed by atoms with Crippen LogP contribution < -0.4 is 4.90 Å². The van der Waals surface area contributed by atoms with Crippen molar-refractivity contribution < 1.29 is 22.0 Å². The van der Waals surface area contributed by atoms with Crippen LogP contribution in [0.3, 0.4) is 0 Å². The first-order chi connectivity index (χ1) is 15.8. The van der Waals surface area contributed by atoms with E-state index in [0.717, 1.165) is 17.7 Å². The van der Waals surface area contributed by atoms with Crippen molar-refractivity contribution in [1.82, 2.24) is 9.97 Å². The minimum Gasteiger partial charge on any atom is -0.284 e. The standard InChI is InChI=1S/C23H19F2N3O3S2/c24-17-3-6-19(7-4-17)33(30,31)13-1-2-22(29)28(15-16-9-11-26-12-10-16)23-27-20-8-5-18(25)14-21(20)32-23/h3-12,14H,1-2,13,15H2. The van der Waals surface area contributed by atoms with E-state index in [4.69, 9.17) is 0 Å². The van der Waals surface area contributed by atoms with Gasteiger partial charge in [0.1, 0.15) is 11.6 Å². The van der Waals surface area contributed by atoms with Crippen LogP contribution in [-0.4, -0.2) is 30.0 Å². The lowest BCUT2D eigenvalue weighted by Gasteiger charge is -2.20. The molecular formula is C23H19F2N3O3S2. The summed E-state index contributed by atoms with van der Waals surface area (Å²) in [6.45, 7) is 0.217. The van der Waals surface area contributed by atoms with Gasteiger partial charge in [0, 0.05) is 18.8 Å². The number of carbonyl (C=O) groups excluding carboxylic acids is 1. The van der Waals surface area contributed by atoms with Crippen molar-refractivity contribution in [1.29, 1.82) is 0 Å². The Labute approximate surface area is 193 Å². The number of aromatic nitrogens is 2. The second kappa shape index (κ2) is 9.72. The van der Waals surface area contributed by atoms with E-state index in [2.05, 4.69) is 9.97 Å². The highest BCUT2D eigenvalue weighted by molar-refractivity contribution is 7.91. The Hall–Kier alpha value is -3.24. The first-order valence-electron chi connectivity index (χ1n) is 10.1. The first-order valence-corrected chi connectivity index (χ1v) is 12.5. The average molecular weight is 488 g/mol. The van der Waals surface area contributed by atoms with Crippen LogP contribution in [0.15, 0.2) is 71.9 Å². The highest BCUT2D eigenvalue weighted by Crippen LogP contribution is 2.31. The zero-order valence-corrected chi connectivity index (χ0v) is 19.0. The van der Waals surface area contributed by atoms with E-state index in [0.29, 0.717) is 15.3 Å². The number of carbonyl (C=O) groups is 1. The third kappa shape index (κ3) is 5.58. The summed E-state index contributed by atoms with van der Waals surface area (Å²) < 4.78 is 52.3. The van der Waals surface area contributed by atoms with Gasteiger partial charge in [-0.05, 0) is 66.6 Å². The molecule has 0 saturated heterocycles. The largest absolute Gasteiger partial charge is 0.284 e. The molecule has 2 aromatic carbocycles. The minimum atomic E-state index is -3.65. The summed E-state index contributed by atoms with van der Waals surface area (Å²) in [6, 6.07) is 12.4. The fourth-order valence-corrected chi connectivity index (χ4v) is 5.56. The molecule has 0 aliphatic carbocycles. The molecule has 0 saturated carbocycles. The van der Waals surface area contributed by atoms with E-state index < -0.39 is 21.5 Å². The molecule has 0 bridgehead atoms. The number of sulfone groups is 1. The van der Waals surface area contributed by atoms with Crippen molar-refractivity contribution in [2.24, 2.45) is 0 Å². The van der Waals surface area contributed by atoms with Crippen molar-refractivity contribution >= 4 is 42.4 Å². The van der Waals surface area contributed by atoms with Gasteiger partial charge in [-0.2, -0.15) is 0 Å². The summed E-state index contributed by atoms with van der Waals surface area (Å²) in [5.74, 6) is -1.47. The quantitative estimate of drug-likeness (QED) is 0.335. The molecule has 33 heavy (non-hydrogen) atoms. The summed E-state index contributed by atoms with van der Waals surface area (Å²) in [6.07, 6.45) is 3.28. The van der Waals surface area contributed by atoms with Crippen LogP contribution in [0.25, 0.3) is 10.2 Å². The second-order valence-corrected chi connectivity index (χ2v) is 10.4. The van der Waals surface area contributed by atoms with E-state index in [1.165, 1.54) is 40.5 Å². The van der Waals surface area contributed by atoms with Crippen LogP contribution >= 0.6 is 11.3 Å². The second-order valence-electron chi connectivity index (χ2n) is 7.32. The molecule has 4 aromatic rings. The summed E-state index contributed by atoms with van der Waals surface area (Å²) in [7, 11) is -3.65. The average Bonchev–Trinajstić information content (AvgIpc) is 3.21. The molecular weight excluding hydrogens is 468 g/mol. The Morgan fingerprint density at radius 1 is 0.970 bits per heavy atom. The third-order valence-electron chi connectivity index (χ3n) is 4.94. The molecule has 170 valence electrons. The Morgan fingerprint density at radius 2 is 1.67 bits per heavy atom. The van der Waals surface area contributed by atoms with E-state index >= 15 is 0 Å². The number of halogens is 2. The maximum atomic E-state index is 13.6. The SMILES string of the molecule is O=C(CCCS(=O)(=O)c1ccc(F)cc1)N(Cc1ccncc1)c1nc2ccc(F)cc2s1. The highest BCUT2D eigenvalue weighted by atomic mass is 32.2. The van der Waals surface area contributed by atoms with E-state index in [9.17, 15) is 22.0 Å². The lowest BCUT2D eigenvalue weighted by molar-refractivity contribution is -0.118. The minimum absolute atomic E-state index is 0.0122. The lowest BCUT2D eigenvalue weighted by Crippen LogP contribution is -2.30. The van der Waals surface area contributed by atoms with E-state index in [-0.39, 0.29) is 35.9 Å². The van der Waals surface area contributed by atoms with Gasteiger partial charge < -0.3 is 0 Å². The molecule has 0 N–H and O–H groups in total. The van der Waals surface area contributed by atoms with Gasteiger partial charge in [0.15, 0.2) is 15.0 Å². The molecule has 4 rings (SSSR count). The fourth-order valence-electron chi connectivity index (χ4n) is 3.24. The van der Waals surface area contributed by atoms with Crippen molar-refractivity contribution in [3.63, 3.8) is 0 Å². The predicted molar refractivity (Wildman–Crippen MR) is 123 cm³/mol. The van der Waals surface area contributed by atoms with Crippen molar-refractivity contribution in [3.8, 4) is 0 Å². The number of nitrogens with zero attached hydrogens (tertiary/aromatic N) is 3. The monoisotopic (exact) mass is 487 g/mol. The number of rotatable bonds is 8. The number of amides is 1. The van der Waals surface area contributed by atoms with Crippen LogP contribution in [0.4, 0.5) is 13.9 Å². The number of hydrogen-bond donors (Lipinski definition) is 0. The topological polar surface area (TPSA) is 80.2 Å². The van der Waals surface area contributed by atoms with E-state index in [1.807, 2.05) is 0 Å². The molecule has 0 aliphatic heterocycles. The summed E-state index contributed by atoms with van der Waals surface area (Å²) in [5.41, 5.74) is 1.39. The van der Waals surface area contributed by atoms with Crippen LogP contribution in [0.5, 0.6) is 0 Å². The third-order valence-corrected chi connectivity index (χ3v) is 7.80. The molecule has 0 atom stereocenters. The Kier molecular flexibility index (Phi) is 6.75. The van der Waals surface area contributed by atoms with Gasteiger partial charge in [0.2, 0.25) is 5.91 Å². The number of hydrogen-bond acceptors (Lipinski definition) is 6. The molecule has 0 fully saturated rings. The van der Waals surface area contributed by atoms with Crippen LogP contribution in [0.1, 0.15) is 18.4 Å². The summed E-state index contributed by atoms with van der Waals surface area (Å²) in [4.78, 5) is 23.1. The predicted octanol–water partition coefficient (Wildman–Crippen LogP) is 4.76. The van der Waals surface area contributed by atoms with Gasteiger partial charge in [-0.1, -0.05) is 11.3 Å². The number of benzene rings is 2. The zero-order chi connectivity index (χ0) is 23.4. The number of pyridine rings is 1.